The third-order valence-electron chi connectivity index (χ3n) is 1.78. The Morgan fingerprint density at radius 1 is 1.59 bits per heavy atom. The molecule has 0 aliphatic rings. The molecule has 11 heteroatoms. The predicted molar refractivity (Wildman–Crippen MR) is 56.2 cm³/mol. The minimum atomic E-state index is -3.85. The second kappa shape index (κ2) is 5.05. The van der Waals surface area contributed by atoms with Gasteiger partial charge in [0.15, 0.2) is 0 Å². The van der Waals surface area contributed by atoms with Crippen molar-refractivity contribution < 1.29 is 18.3 Å². The summed E-state index contributed by atoms with van der Waals surface area (Å²) in [6.45, 7) is -0.148. The van der Waals surface area contributed by atoms with Crippen LogP contribution in [0.25, 0.3) is 0 Å². The molecule has 2 N–H and O–H groups in total. The summed E-state index contributed by atoms with van der Waals surface area (Å²) in [6.07, 6.45) is -0.286. The summed E-state index contributed by atoms with van der Waals surface area (Å²) in [5.41, 5.74) is 0. The van der Waals surface area contributed by atoms with Gasteiger partial charge < -0.3 is 5.11 Å². The first-order valence-electron chi connectivity index (χ1n) is 4.51. The van der Waals surface area contributed by atoms with Crippen LogP contribution in [-0.2, 0) is 22.1 Å². The fourth-order valence-corrected chi connectivity index (χ4v) is 1.69. The standard InChI is InChI=1S/C6H12N6O4S/c1-11(4-3-5(13)14)17(15,16)9-6-7-10-12(2)8-6/h3-4H2,1-2H3,(H,8,9)(H,13,14). The van der Waals surface area contributed by atoms with Gasteiger partial charge in [-0.2, -0.15) is 17.5 Å². The molecule has 0 fully saturated rings. The van der Waals surface area contributed by atoms with E-state index >= 15 is 0 Å². The Morgan fingerprint density at radius 2 is 2.24 bits per heavy atom. The summed E-state index contributed by atoms with van der Waals surface area (Å²) < 4.78 is 26.2. The first-order chi connectivity index (χ1) is 7.81. The van der Waals surface area contributed by atoms with Crippen molar-refractivity contribution in [1.82, 2.24) is 24.5 Å². The topological polar surface area (TPSA) is 130 Å². The number of anilines is 1. The van der Waals surface area contributed by atoms with Crippen molar-refractivity contribution in [1.29, 1.82) is 0 Å². The maximum absolute atomic E-state index is 11.6. The molecule has 1 aromatic heterocycles. The van der Waals surface area contributed by atoms with E-state index < -0.39 is 16.2 Å². The fourth-order valence-electron chi connectivity index (χ4n) is 0.892. The molecule has 0 unspecified atom stereocenters. The first-order valence-corrected chi connectivity index (χ1v) is 5.95. The van der Waals surface area contributed by atoms with Gasteiger partial charge in [-0.15, -0.1) is 5.10 Å². The molecule has 0 aromatic carbocycles. The minimum Gasteiger partial charge on any atom is -0.481 e. The lowest BCUT2D eigenvalue weighted by molar-refractivity contribution is -0.137. The lowest BCUT2D eigenvalue weighted by atomic mass is 10.4. The Labute approximate surface area is 97.4 Å². The molecule has 1 aromatic rings. The quantitative estimate of drug-likeness (QED) is 0.624. The molecular weight excluding hydrogens is 252 g/mol. The summed E-state index contributed by atoms with van der Waals surface area (Å²) in [7, 11) is -1.12. The molecule has 96 valence electrons. The average Bonchev–Trinajstić information content (AvgIpc) is 2.59. The number of nitrogens with one attached hydrogen (secondary N) is 1. The zero-order valence-corrected chi connectivity index (χ0v) is 10.0. The molecule has 1 rings (SSSR count). The number of aliphatic carboxylic acids is 1. The van der Waals surface area contributed by atoms with E-state index in [-0.39, 0.29) is 18.9 Å². The van der Waals surface area contributed by atoms with Crippen molar-refractivity contribution in [2.24, 2.45) is 7.05 Å². The molecular formula is C6H12N6O4S. The molecule has 17 heavy (non-hydrogen) atoms. The van der Waals surface area contributed by atoms with Crippen molar-refractivity contribution in [2.75, 3.05) is 18.3 Å². The van der Waals surface area contributed by atoms with Crippen LogP contribution in [0.15, 0.2) is 0 Å². The van der Waals surface area contributed by atoms with Crippen molar-refractivity contribution >= 4 is 22.1 Å². The number of hydrogen-bond acceptors (Lipinski definition) is 6. The van der Waals surface area contributed by atoms with E-state index in [1.54, 1.807) is 0 Å². The fraction of sp³-hybridized carbons (Fsp3) is 0.667. The molecule has 0 amide bonds. The molecule has 10 nitrogen and oxygen atoms in total. The van der Waals surface area contributed by atoms with Gasteiger partial charge in [0.05, 0.1) is 13.5 Å². The zero-order valence-electron chi connectivity index (χ0n) is 9.23. The maximum Gasteiger partial charge on any atom is 0.304 e. The van der Waals surface area contributed by atoms with Crippen LogP contribution in [0.4, 0.5) is 5.95 Å². The number of nitrogens with zero attached hydrogens (tertiary/aromatic N) is 5. The van der Waals surface area contributed by atoms with E-state index in [0.29, 0.717) is 0 Å². The normalized spacial score (nSPS) is 11.7. The zero-order chi connectivity index (χ0) is 13.1. The van der Waals surface area contributed by atoms with Crippen LogP contribution in [0, 0.1) is 0 Å². The van der Waals surface area contributed by atoms with Crippen molar-refractivity contribution in [3.05, 3.63) is 0 Å². The smallest absolute Gasteiger partial charge is 0.304 e. The van der Waals surface area contributed by atoms with Crippen molar-refractivity contribution in [3.8, 4) is 0 Å². The number of carboxylic acids is 1. The van der Waals surface area contributed by atoms with Crippen LogP contribution < -0.4 is 4.72 Å². The number of hydrogen-bond donors (Lipinski definition) is 2. The minimum absolute atomic E-state index is 0.148. The number of tetrazole rings is 1. The van der Waals surface area contributed by atoms with E-state index in [9.17, 15) is 13.2 Å². The number of aromatic nitrogens is 4. The molecule has 0 bridgehead atoms. The molecule has 0 atom stereocenters. The summed E-state index contributed by atoms with van der Waals surface area (Å²) in [4.78, 5) is 11.4. The van der Waals surface area contributed by atoms with Crippen LogP contribution in [0.3, 0.4) is 0 Å². The van der Waals surface area contributed by atoms with Gasteiger partial charge in [0, 0.05) is 13.6 Å². The maximum atomic E-state index is 11.6. The second-order valence-corrected chi connectivity index (χ2v) is 4.95. The van der Waals surface area contributed by atoms with Gasteiger partial charge in [0.25, 0.3) is 5.95 Å². The van der Waals surface area contributed by atoms with Gasteiger partial charge in [-0.25, -0.2) is 4.72 Å². The van der Waals surface area contributed by atoms with Gasteiger partial charge >= 0.3 is 16.2 Å². The highest BCUT2D eigenvalue weighted by Crippen LogP contribution is 2.03. The molecule has 0 spiro atoms. The highest BCUT2D eigenvalue weighted by atomic mass is 32.2. The summed E-state index contributed by atoms with van der Waals surface area (Å²) in [5.74, 6) is -1.25. The Bertz CT molecular complexity index is 496. The first kappa shape index (κ1) is 13.3. The van der Waals surface area contributed by atoms with Crippen LogP contribution in [0.2, 0.25) is 0 Å². The van der Waals surface area contributed by atoms with Gasteiger partial charge in [0.2, 0.25) is 0 Å². The highest BCUT2D eigenvalue weighted by molar-refractivity contribution is 7.90. The average molecular weight is 264 g/mol. The number of carboxylic acid groups (broad SMARTS) is 1. The summed E-state index contributed by atoms with van der Waals surface area (Å²) >= 11 is 0. The molecule has 0 aliphatic carbocycles. The highest BCUT2D eigenvalue weighted by Gasteiger charge is 2.20. The van der Waals surface area contributed by atoms with Gasteiger partial charge in [-0.05, 0) is 5.21 Å². The van der Waals surface area contributed by atoms with E-state index in [2.05, 4.69) is 20.1 Å². The van der Waals surface area contributed by atoms with E-state index in [1.165, 1.54) is 14.1 Å². The largest absolute Gasteiger partial charge is 0.481 e. The Morgan fingerprint density at radius 3 is 2.71 bits per heavy atom. The van der Waals surface area contributed by atoms with Crippen molar-refractivity contribution in [3.63, 3.8) is 0 Å². The van der Waals surface area contributed by atoms with E-state index in [4.69, 9.17) is 5.11 Å². The predicted octanol–water partition coefficient (Wildman–Crippen LogP) is -1.73. The number of rotatable bonds is 6. The Hall–Kier alpha value is -1.75. The van der Waals surface area contributed by atoms with Crippen molar-refractivity contribution in [2.45, 2.75) is 6.42 Å². The third-order valence-corrected chi connectivity index (χ3v) is 3.22. The monoisotopic (exact) mass is 264 g/mol. The Balaban J connectivity index is 2.64. The molecule has 0 saturated carbocycles. The van der Waals surface area contributed by atoms with E-state index in [1.807, 2.05) is 0 Å². The van der Waals surface area contributed by atoms with Crippen LogP contribution in [-0.4, -0.2) is 57.6 Å². The van der Waals surface area contributed by atoms with Crippen LogP contribution in [0.1, 0.15) is 6.42 Å². The number of carbonyl (C=O) groups is 1. The summed E-state index contributed by atoms with van der Waals surface area (Å²) in [6, 6.07) is 0. The third kappa shape index (κ3) is 3.96. The molecule has 1 heterocycles. The van der Waals surface area contributed by atoms with Crippen LogP contribution in [0.5, 0.6) is 0 Å². The van der Waals surface area contributed by atoms with Crippen LogP contribution >= 0.6 is 0 Å². The van der Waals surface area contributed by atoms with E-state index in [0.717, 1.165) is 9.10 Å². The molecule has 0 aliphatic heterocycles. The lowest BCUT2D eigenvalue weighted by Gasteiger charge is -2.15. The van der Waals surface area contributed by atoms with Gasteiger partial charge in [-0.3, -0.25) is 4.79 Å². The lowest BCUT2D eigenvalue weighted by Crippen LogP contribution is -2.34. The molecule has 0 saturated heterocycles. The van der Waals surface area contributed by atoms with Gasteiger partial charge in [-0.1, -0.05) is 5.10 Å². The molecule has 0 radical (unpaired) electrons. The van der Waals surface area contributed by atoms with Gasteiger partial charge in [0.1, 0.15) is 0 Å². The number of aryl methyl sites for hydroxylation is 1. The summed E-state index contributed by atoms with van der Waals surface area (Å²) in [5, 5.41) is 19.0. The SMILES string of the molecule is CN(CCC(=O)O)S(=O)(=O)Nc1nnn(C)n1. The second-order valence-electron chi connectivity index (χ2n) is 3.17. The Kier molecular flexibility index (Phi) is 3.96.